The maximum atomic E-state index is 12.9. The summed E-state index contributed by atoms with van der Waals surface area (Å²) in [4.78, 5) is 37.0. The molecular formula is C20H25N3O3. The number of hydrogen-bond acceptors (Lipinski definition) is 4. The summed E-state index contributed by atoms with van der Waals surface area (Å²) in [6.45, 7) is 9.96. The van der Waals surface area contributed by atoms with Gasteiger partial charge in [-0.15, -0.1) is 0 Å². The van der Waals surface area contributed by atoms with E-state index >= 15 is 0 Å². The Kier molecular flexibility index (Phi) is 4.27. The molecular weight excluding hydrogens is 330 g/mol. The second kappa shape index (κ2) is 6.06. The lowest BCUT2D eigenvalue weighted by Gasteiger charge is -2.27. The molecule has 6 nitrogen and oxygen atoms in total. The summed E-state index contributed by atoms with van der Waals surface area (Å²) in [5.74, 6) is -0.978. The van der Waals surface area contributed by atoms with Crippen molar-refractivity contribution in [2.24, 2.45) is 0 Å². The average molecular weight is 355 g/mol. The quantitative estimate of drug-likeness (QED) is 0.725. The van der Waals surface area contributed by atoms with Gasteiger partial charge in [0.1, 0.15) is 0 Å². The molecule has 6 heteroatoms. The Morgan fingerprint density at radius 2 is 1.81 bits per heavy atom. The number of carbonyl (C=O) groups excluding carboxylic acids is 3. The lowest BCUT2D eigenvalue weighted by molar-refractivity contribution is -0.113. The summed E-state index contributed by atoms with van der Waals surface area (Å²) in [5, 5.41) is 8.70. The van der Waals surface area contributed by atoms with Crippen LogP contribution < -0.4 is 16.0 Å². The number of nitrogens with one attached hydrogen (secondary N) is 3. The van der Waals surface area contributed by atoms with Crippen LogP contribution in [0.2, 0.25) is 0 Å². The van der Waals surface area contributed by atoms with Crippen molar-refractivity contribution >= 4 is 23.4 Å². The van der Waals surface area contributed by atoms with E-state index in [1.165, 1.54) is 0 Å². The molecule has 2 aliphatic heterocycles. The SMILES string of the molecule is CCCc1c(NC(=O)C2=CC(C)(C)NC2(C)C)ccc2c1C(=O)NC2=O. The minimum Gasteiger partial charge on any atom is -0.322 e. The highest BCUT2D eigenvalue weighted by Gasteiger charge is 2.40. The lowest BCUT2D eigenvalue weighted by Crippen LogP contribution is -2.47. The molecule has 2 aliphatic rings. The van der Waals surface area contributed by atoms with Crippen LogP contribution in [-0.2, 0) is 11.2 Å². The zero-order chi connectivity index (χ0) is 19.3. The van der Waals surface area contributed by atoms with Gasteiger partial charge in [0.25, 0.3) is 17.7 Å². The van der Waals surface area contributed by atoms with E-state index in [0.717, 1.165) is 6.42 Å². The molecule has 0 aromatic heterocycles. The number of amides is 3. The van der Waals surface area contributed by atoms with Crippen molar-refractivity contribution in [3.05, 3.63) is 40.5 Å². The van der Waals surface area contributed by atoms with Crippen molar-refractivity contribution < 1.29 is 14.4 Å². The van der Waals surface area contributed by atoms with E-state index < -0.39 is 11.4 Å². The monoisotopic (exact) mass is 355 g/mol. The number of anilines is 1. The van der Waals surface area contributed by atoms with Crippen LogP contribution in [-0.4, -0.2) is 28.8 Å². The van der Waals surface area contributed by atoms with Crippen LogP contribution >= 0.6 is 0 Å². The van der Waals surface area contributed by atoms with E-state index in [2.05, 4.69) is 16.0 Å². The first kappa shape index (κ1) is 18.3. The topological polar surface area (TPSA) is 87.3 Å². The number of rotatable bonds is 4. The standard InChI is InChI=1S/C20H25N3O3/c1-6-7-11-14(9-8-12-15(11)18(26)22-16(12)24)21-17(25)13-10-19(2,3)23-20(13,4)5/h8-10,23H,6-7H2,1-5H3,(H,21,25)(H,22,24,26). The van der Waals surface area contributed by atoms with Crippen molar-refractivity contribution in [1.82, 2.24) is 10.6 Å². The van der Waals surface area contributed by atoms with E-state index in [1.807, 2.05) is 40.7 Å². The van der Waals surface area contributed by atoms with Crippen LogP contribution in [0.25, 0.3) is 0 Å². The summed E-state index contributed by atoms with van der Waals surface area (Å²) in [5.41, 5.74) is 1.99. The van der Waals surface area contributed by atoms with Gasteiger partial charge in [0.05, 0.1) is 11.1 Å². The van der Waals surface area contributed by atoms with Crippen LogP contribution in [0.3, 0.4) is 0 Å². The van der Waals surface area contributed by atoms with Gasteiger partial charge in [-0.3, -0.25) is 25.0 Å². The summed E-state index contributed by atoms with van der Waals surface area (Å²) in [7, 11) is 0. The molecule has 0 radical (unpaired) electrons. The molecule has 1 aromatic carbocycles. The summed E-state index contributed by atoms with van der Waals surface area (Å²) in [6.07, 6.45) is 3.33. The van der Waals surface area contributed by atoms with Gasteiger partial charge in [-0.05, 0) is 51.8 Å². The second-order valence-electron chi connectivity index (χ2n) is 8.03. The molecule has 26 heavy (non-hydrogen) atoms. The molecule has 3 N–H and O–H groups in total. The summed E-state index contributed by atoms with van der Waals surface area (Å²) >= 11 is 0. The molecule has 0 unspecified atom stereocenters. The maximum Gasteiger partial charge on any atom is 0.259 e. The Bertz CT molecular complexity index is 850. The van der Waals surface area contributed by atoms with Crippen LogP contribution in [0.1, 0.15) is 67.3 Å². The summed E-state index contributed by atoms with van der Waals surface area (Å²) in [6, 6.07) is 3.31. The van der Waals surface area contributed by atoms with Crippen molar-refractivity contribution in [3.8, 4) is 0 Å². The van der Waals surface area contributed by atoms with Gasteiger partial charge in [0.2, 0.25) is 0 Å². The Morgan fingerprint density at radius 1 is 1.12 bits per heavy atom. The first-order valence-corrected chi connectivity index (χ1v) is 8.91. The second-order valence-corrected chi connectivity index (χ2v) is 8.03. The summed E-state index contributed by atoms with van der Waals surface area (Å²) < 4.78 is 0. The average Bonchev–Trinajstić information content (AvgIpc) is 2.93. The van der Waals surface area contributed by atoms with E-state index in [4.69, 9.17) is 0 Å². The van der Waals surface area contributed by atoms with Crippen molar-refractivity contribution in [2.45, 2.75) is 58.5 Å². The third-order valence-corrected chi connectivity index (χ3v) is 4.82. The molecule has 0 aliphatic carbocycles. The van der Waals surface area contributed by atoms with Crippen LogP contribution in [0.15, 0.2) is 23.8 Å². The smallest absolute Gasteiger partial charge is 0.259 e. The highest BCUT2D eigenvalue weighted by molar-refractivity contribution is 6.23. The predicted octanol–water partition coefficient (Wildman–Crippen LogP) is 2.55. The van der Waals surface area contributed by atoms with Gasteiger partial charge in [-0.25, -0.2) is 0 Å². The van der Waals surface area contributed by atoms with E-state index in [1.54, 1.807) is 12.1 Å². The largest absolute Gasteiger partial charge is 0.322 e. The normalized spacial score (nSPS) is 19.8. The van der Waals surface area contributed by atoms with E-state index in [9.17, 15) is 14.4 Å². The molecule has 0 atom stereocenters. The molecule has 1 aromatic rings. The van der Waals surface area contributed by atoms with E-state index in [0.29, 0.717) is 34.4 Å². The number of fused-ring (bicyclic) bond motifs is 1. The molecule has 0 saturated heterocycles. The maximum absolute atomic E-state index is 12.9. The zero-order valence-corrected chi connectivity index (χ0v) is 15.9. The van der Waals surface area contributed by atoms with Crippen LogP contribution in [0, 0.1) is 0 Å². The Balaban J connectivity index is 1.99. The molecule has 0 bridgehead atoms. The number of hydrogen-bond donors (Lipinski definition) is 3. The molecule has 0 saturated carbocycles. The Morgan fingerprint density at radius 3 is 2.38 bits per heavy atom. The zero-order valence-electron chi connectivity index (χ0n) is 15.9. The molecule has 0 spiro atoms. The fourth-order valence-corrected chi connectivity index (χ4v) is 3.95. The first-order chi connectivity index (χ1) is 12.1. The fourth-order valence-electron chi connectivity index (χ4n) is 3.95. The first-order valence-electron chi connectivity index (χ1n) is 8.91. The third kappa shape index (κ3) is 3.05. The van der Waals surface area contributed by atoms with E-state index in [-0.39, 0.29) is 17.4 Å². The Labute approximate surface area is 153 Å². The minimum atomic E-state index is -0.456. The number of imide groups is 1. The van der Waals surface area contributed by atoms with Crippen molar-refractivity contribution in [3.63, 3.8) is 0 Å². The van der Waals surface area contributed by atoms with Crippen LogP contribution in [0.5, 0.6) is 0 Å². The molecule has 138 valence electrons. The van der Waals surface area contributed by atoms with Gasteiger partial charge >= 0.3 is 0 Å². The molecule has 3 rings (SSSR count). The minimum absolute atomic E-state index is 0.199. The van der Waals surface area contributed by atoms with Gasteiger partial charge in [0.15, 0.2) is 0 Å². The van der Waals surface area contributed by atoms with Gasteiger partial charge in [-0.2, -0.15) is 0 Å². The predicted molar refractivity (Wildman–Crippen MR) is 100 cm³/mol. The highest BCUT2D eigenvalue weighted by atomic mass is 16.2. The van der Waals surface area contributed by atoms with Crippen LogP contribution in [0.4, 0.5) is 5.69 Å². The number of benzene rings is 1. The van der Waals surface area contributed by atoms with Crippen molar-refractivity contribution in [1.29, 1.82) is 0 Å². The molecule has 3 amide bonds. The van der Waals surface area contributed by atoms with Gasteiger partial charge < -0.3 is 5.32 Å². The van der Waals surface area contributed by atoms with Gasteiger partial charge in [0, 0.05) is 22.3 Å². The highest BCUT2D eigenvalue weighted by Crippen LogP contribution is 2.32. The van der Waals surface area contributed by atoms with Gasteiger partial charge in [-0.1, -0.05) is 19.4 Å². The number of carbonyl (C=O) groups is 3. The Hall–Kier alpha value is -2.47. The third-order valence-electron chi connectivity index (χ3n) is 4.82. The molecule has 2 heterocycles. The molecule has 0 fully saturated rings. The fraction of sp³-hybridized carbons (Fsp3) is 0.450. The van der Waals surface area contributed by atoms with Crippen molar-refractivity contribution in [2.75, 3.05) is 5.32 Å². The lowest BCUT2D eigenvalue weighted by atomic mass is 9.94.